The maximum absolute atomic E-state index is 9.87. The number of nitrogens with zero attached hydrogens (tertiary/aromatic N) is 5. The Balaban J connectivity index is 1.73. The van der Waals surface area contributed by atoms with Gasteiger partial charge in [-0.15, -0.1) is 0 Å². The summed E-state index contributed by atoms with van der Waals surface area (Å²) in [6, 6.07) is 5.57. The lowest BCUT2D eigenvalue weighted by Crippen LogP contribution is -2.16. The first-order valence-electron chi connectivity index (χ1n) is 7.74. The monoisotopic (exact) mass is 345 g/mol. The van der Waals surface area contributed by atoms with Crippen LogP contribution in [0.15, 0.2) is 40.2 Å². The van der Waals surface area contributed by atoms with Crippen molar-refractivity contribution in [1.82, 2.24) is 24.7 Å². The number of aliphatic hydroxyl groups is 1. The van der Waals surface area contributed by atoms with Gasteiger partial charge in [-0.3, -0.25) is 0 Å². The summed E-state index contributed by atoms with van der Waals surface area (Å²) in [7, 11) is 0. The molecule has 24 heavy (non-hydrogen) atoms. The van der Waals surface area contributed by atoms with E-state index >= 15 is 0 Å². The highest BCUT2D eigenvalue weighted by Crippen LogP contribution is 2.25. The number of aliphatic hydroxyl groups excluding tert-OH is 1. The van der Waals surface area contributed by atoms with Crippen LogP contribution in [0.25, 0.3) is 11.6 Å². The third-order valence-electron chi connectivity index (χ3n) is 3.40. The van der Waals surface area contributed by atoms with Gasteiger partial charge in [0.15, 0.2) is 16.7 Å². The molecular formula is C16H19N5O2S. The van der Waals surface area contributed by atoms with Crippen molar-refractivity contribution in [1.29, 1.82) is 0 Å². The second kappa shape index (κ2) is 7.59. The zero-order valence-electron chi connectivity index (χ0n) is 13.6. The Labute approximate surface area is 144 Å². The van der Waals surface area contributed by atoms with Gasteiger partial charge in [-0.05, 0) is 31.5 Å². The fourth-order valence-electron chi connectivity index (χ4n) is 2.16. The lowest BCUT2D eigenvalue weighted by Gasteiger charge is -2.08. The Hall–Kier alpha value is -2.19. The van der Waals surface area contributed by atoms with Gasteiger partial charge in [0.05, 0.1) is 18.4 Å². The maximum Gasteiger partial charge on any atom is 0.194 e. The van der Waals surface area contributed by atoms with Crippen molar-refractivity contribution in [2.75, 3.05) is 0 Å². The molecule has 0 aromatic carbocycles. The van der Waals surface area contributed by atoms with Crippen molar-refractivity contribution in [3.05, 3.63) is 42.2 Å². The molecule has 0 radical (unpaired) electrons. The normalized spacial score (nSPS) is 12.5. The Morgan fingerprint density at radius 3 is 2.83 bits per heavy atom. The molecule has 1 atom stereocenters. The molecule has 3 heterocycles. The van der Waals surface area contributed by atoms with Crippen molar-refractivity contribution in [3.8, 4) is 11.6 Å². The van der Waals surface area contributed by atoms with Gasteiger partial charge in [-0.25, -0.2) is 19.6 Å². The highest BCUT2D eigenvalue weighted by Gasteiger charge is 2.16. The summed E-state index contributed by atoms with van der Waals surface area (Å²) in [5.41, 5.74) is 0. The van der Waals surface area contributed by atoms with E-state index in [0.717, 1.165) is 5.76 Å². The third kappa shape index (κ3) is 4.01. The van der Waals surface area contributed by atoms with Crippen LogP contribution >= 0.6 is 11.8 Å². The van der Waals surface area contributed by atoms with Gasteiger partial charge in [0.1, 0.15) is 11.6 Å². The molecule has 0 aliphatic heterocycles. The molecule has 8 heteroatoms. The van der Waals surface area contributed by atoms with Crippen molar-refractivity contribution in [3.63, 3.8) is 0 Å². The number of rotatable bonds is 7. The van der Waals surface area contributed by atoms with E-state index in [9.17, 15) is 5.11 Å². The van der Waals surface area contributed by atoms with Crippen LogP contribution in [-0.2, 0) is 12.3 Å². The lowest BCUT2D eigenvalue weighted by molar-refractivity contribution is 0.145. The fourth-order valence-corrected chi connectivity index (χ4v) is 2.86. The Morgan fingerprint density at radius 1 is 1.29 bits per heavy atom. The summed E-state index contributed by atoms with van der Waals surface area (Å²) in [6.45, 7) is 4.15. The van der Waals surface area contributed by atoms with Crippen molar-refractivity contribution in [2.24, 2.45) is 0 Å². The highest BCUT2D eigenvalue weighted by atomic mass is 32.2. The zero-order valence-corrected chi connectivity index (χ0v) is 14.4. The summed E-state index contributed by atoms with van der Waals surface area (Å²) in [5, 5.41) is 14.9. The number of aryl methyl sites for hydroxylation is 1. The molecule has 0 fully saturated rings. The molecular weight excluding hydrogens is 326 g/mol. The second-order valence-electron chi connectivity index (χ2n) is 5.31. The summed E-state index contributed by atoms with van der Waals surface area (Å²) in [4.78, 5) is 12.8. The standard InChI is InChI=1S/C16H19N5O2S/c1-3-12(22)9-21-15(19-11(2)20-21)14-6-5-13(23-14)10-24-16-17-7-4-8-18-16/h4-8,12,22H,3,9-10H2,1-2H3/t12-/m0/s1. The minimum atomic E-state index is -0.454. The van der Waals surface area contributed by atoms with Crippen LogP contribution in [-0.4, -0.2) is 35.9 Å². The molecule has 0 saturated carbocycles. The predicted molar refractivity (Wildman–Crippen MR) is 90.4 cm³/mol. The highest BCUT2D eigenvalue weighted by molar-refractivity contribution is 7.98. The second-order valence-corrected chi connectivity index (χ2v) is 6.26. The molecule has 3 aromatic heterocycles. The average molecular weight is 345 g/mol. The van der Waals surface area contributed by atoms with E-state index in [-0.39, 0.29) is 0 Å². The van der Waals surface area contributed by atoms with E-state index in [1.54, 1.807) is 23.1 Å². The molecule has 0 aliphatic rings. The Kier molecular flexibility index (Phi) is 5.27. The predicted octanol–water partition coefficient (Wildman–Crippen LogP) is 2.70. The van der Waals surface area contributed by atoms with Crippen LogP contribution in [0.1, 0.15) is 24.9 Å². The number of hydrogen-bond donors (Lipinski definition) is 1. The molecule has 126 valence electrons. The largest absolute Gasteiger partial charge is 0.457 e. The van der Waals surface area contributed by atoms with E-state index in [1.807, 2.05) is 26.0 Å². The van der Waals surface area contributed by atoms with Gasteiger partial charge in [0.25, 0.3) is 0 Å². The van der Waals surface area contributed by atoms with Gasteiger partial charge in [-0.1, -0.05) is 18.7 Å². The van der Waals surface area contributed by atoms with Crippen LogP contribution in [0.5, 0.6) is 0 Å². The average Bonchev–Trinajstić information content (AvgIpc) is 3.20. The van der Waals surface area contributed by atoms with Gasteiger partial charge in [0, 0.05) is 12.4 Å². The fraction of sp³-hybridized carbons (Fsp3) is 0.375. The number of furan rings is 1. The Morgan fingerprint density at radius 2 is 2.08 bits per heavy atom. The first kappa shape index (κ1) is 16.7. The minimum Gasteiger partial charge on any atom is -0.457 e. The van der Waals surface area contributed by atoms with Crippen molar-refractivity contribution >= 4 is 11.8 Å². The molecule has 0 unspecified atom stereocenters. The molecule has 0 spiro atoms. The van der Waals surface area contributed by atoms with E-state index < -0.39 is 6.10 Å². The quantitative estimate of drug-likeness (QED) is 0.520. The van der Waals surface area contributed by atoms with Gasteiger partial charge in [-0.2, -0.15) is 5.10 Å². The number of aromatic nitrogens is 5. The molecule has 0 amide bonds. The van der Waals surface area contributed by atoms with Gasteiger partial charge in [0.2, 0.25) is 0 Å². The van der Waals surface area contributed by atoms with Crippen LogP contribution in [0, 0.1) is 6.92 Å². The summed E-state index contributed by atoms with van der Waals surface area (Å²) < 4.78 is 7.57. The SMILES string of the molecule is CC[C@H](O)Cn1nc(C)nc1-c1ccc(CSc2ncccn2)o1. The van der Waals surface area contributed by atoms with Crippen LogP contribution in [0.3, 0.4) is 0 Å². The molecule has 0 bridgehead atoms. The van der Waals surface area contributed by atoms with Crippen LogP contribution in [0.2, 0.25) is 0 Å². The zero-order chi connectivity index (χ0) is 16.9. The Bertz CT molecular complexity index is 787. The van der Waals surface area contributed by atoms with Crippen molar-refractivity contribution < 1.29 is 9.52 Å². The molecule has 3 rings (SSSR count). The lowest BCUT2D eigenvalue weighted by atomic mass is 10.3. The number of hydrogen-bond acceptors (Lipinski definition) is 7. The smallest absolute Gasteiger partial charge is 0.194 e. The van der Waals surface area contributed by atoms with E-state index in [2.05, 4.69) is 20.1 Å². The minimum absolute atomic E-state index is 0.398. The van der Waals surface area contributed by atoms with E-state index in [4.69, 9.17) is 4.42 Å². The maximum atomic E-state index is 9.87. The third-order valence-corrected chi connectivity index (χ3v) is 4.30. The van der Waals surface area contributed by atoms with Crippen molar-refractivity contribution in [2.45, 2.75) is 43.8 Å². The summed E-state index contributed by atoms with van der Waals surface area (Å²) in [6.07, 6.45) is 3.64. The molecule has 1 N–H and O–H groups in total. The van der Waals surface area contributed by atoms with Gasteiger partial charge < -0.3 is 9.52 Å². The van der Waals surface area contributed by atoms with E-state index in [0.29, 0.717) is 41.3 Å². The summed E-state index contributed by atoms with van der Waals surface area (Å²) >= 11 is 1.51. The first-order chi connectivity index (χ1) is 11.7. The van der Waals surface area contributed by atoms with Crippen LogP contribution in [0.4, 0.5) is 0 Å². The summed E-state index contributed by atoms with van der Waals surface area (Å²) in [5.74, 6) is 3.37. The van der Waals surface area contributed by atoms with Gasteiger partial charge >= 0.3 is 0 Å². The molecule has 0 saturated heterocycles. The molecule has 3 aromatic rings. The first-order valence-corrected chi connectivity index (χ1v) is 8.72. The number of thioether (sulfide) groups is 1. The van der Waals surface area contributed by atoms with Crippen LogP contribution < -0.4 is 0 Å². The molecule has 0 aliphatic carbocycles. The topological polar surface area (TPSA) is 89.9 Å². The molecule has 7 nitrogen and oxygen atoms in total. The van der Waals surface area contributed by atoms with E-state index in [1.165, 1.54) is 11.8 Å².